The molecular weight excluding hydrogens is 249 g/mol. The quantitative estimate of drug-likeness (QED) is 0.902. The van der Waals surface area contributed by atoms with E-state index in [0.717, 1.165) is 0 Å². The van der Waals surface area contributed by atoms with Gasteiger partial charge in [0.2, 0.25) is 0 Å². The molecule has 0 spiro atoms. The predicted molar refractivity (Wildman–Crippen MR) is 57.6 cm³/mol. The molecular formula is C10H13BrFNO. The second-order valence-corrected chi connectivity index (χ2v) is 4.31. The molecule has 1 rings (SSSR count). The Morgan fingerprint density at radius 3 is 2.64 bits per heavy atom. The van der Waals surface area contributed by atoms with Crippen LogP contribution < -0.4 is 0 Å². The Morgan fingerprint density at radius 2 is 2.14 bits per heavy atom. The van der Waals surface area contributed by atoms with Gasteiger partial charge in [-0.1, -0.05) is 6.07 Å². The predicted octanol–water partition coefficient (Wildman–Crippen LogP) is 2.18. The molecule has 1 aromatic rings. The largest absolute Gasteiger partial charge is 0.387 e. The molecule has 0 saturated carbocycles. The Hall–Kier alpha value is -0.450. The SMILES string of the molecule is CN(C)CC(O)c1ccc(F)c(Br)c1. The summed E-state index contributed by atoms with van der Waals surface area (Å²) in [5.74, 6) is -0.314. The third kappa shape index (κ3) is 3.04. The summed E-state index contributed by atoms with van der Waals surface area (Å²) in [5.41, 5.74) is 0.715. The fourth-order valence-corrected chi connectivity index (χ4v) is 1.57. The molecule has 0 aliphatic carbocycles. The summed E-state index contributed by atoms with van der Waals surface area (Å²) in [5, 5.41) is 9.72. The first-order valence-corrected chi connectivity index (χ1v) is 5.07. The molecule has 0 radical (unpaired) electrons. The Labute approximate surface area is 91.5 Å². The molecule has 0 saturated heterocycles. The Balaban J connectivity index is 2.80. The molecule has 0 fully saturated rings. The molecule has 0 aromatic heterocycles. The van der Waals surface area contributed by atoms with E-state index in [2.05, 4.69) is 15.9 Å². The summed E-state index contributed by atoms with van der Waals surface area (Å²) < 4.78 is 13.3. The van der Waals surface area contributed by atoms with E-state index in [4.69, 9.17) is 0 Å². The van der Waals surface area contributed by atoms with Crippen LogP contribution in [-0.4, -0.2) is 30.6 Å². The van der Waals surface area contributed by atoms with Crippen LogP contribution >= 0.6 is 15.9 Å². The molecule has 78 valence electrons. The molecule has 2 nitrogen and oxygen atoms in total. The zero-order valence-corrected chi connectivity index (χ0v) is 9.75. The van der Waals surface area contributed by atoms with Crippen molar-refractivity contribution in [3.05, 3.63) is 34.1 Å². The number of halogens is 2. The second kappa shape index (κ2) is 4.87. The highest BCUT2D eigenvalue weighted by Gasteiger charge is 2.10. The zero-order valence-electron chi connectivity index (χ0n) is 8.17. The van der Waals surface area contributed by atoms with Crippen LogP contribution in [0.25, 0.3) is 0 Å². The van der Waals surface area contributed by atoms with E-state index in [-0.39, 0.29) is 5.82 Å². The minimum absolute atomic E-state index is 0.314. The van der Waals surface area contributed by atoms with Crippen LogP contribution in [0.1, 0.15) is 11.7 Å². The fourth-order valence-electron chi connectivity index (χ4n) is 1.17. The molecule has 0 amide bonds. The lowest BCUT2D eigenvalue weighted by Crippen LogP contribution is -2.20. The fraction of sp³-hybridized carbons (Fsp3) is 0.400. The molecule has 0 aliphatic rings. The molecule has 0 bridgehead atoms. The second-order valence-electron chi connectivity index (χ2n) is 3.45. The maximum Gasteiger partial charge on any atom is 0.137 e. The van der Waals surface area contributed by atoms with Gasteiger partial charge < -0.3 is 10.0 Å². The molecule has 1 atom stereocenters. The summed E-state index contributed by atoms with van der Waals surface area (Å²) in [6.07, 6.45) is -0.582. The van der Waals surface area contributed by atoms with Gasteiger partial charge in [-0.2, -0.15) is 0 Å². The van der Waals surface area contributed by atoms with Crippen molar-refractivity contribution in [2.75, 3.05) is 20.6 Å². The van der Waals surface area contributed by atoms with Crippen molar-refractivity contribution in [1.82, 2.24) is 4.90 Å². The lowest BCUT2D eigenvalue weighted by atomic mass is 10.1. The van der Waals surface area contributed by atoms with Crippen LogP contribution in [-0.2, 0) is 0 Å². The Morgan fingerprint density at radius 1 is 1.50 bits per heavy atom. The van der Waals surface area contributed by atoms with E-state index in [1.807, 2.05) is 19.0 Å². The normalized spacial score (nSPS) is 13.3. The van der Waals surface area contributed by atoms with Gasteiger partial charge in [-0.05, 0) is 47.7 Å². The van der Waals surface area contributed by atoms with Crippen LogP contribution in [0.2, 0.25) is 0 Å². The van der Waals surface area contributed by atoms with Gasteiger partial charge in [0.15, 0.2) is 0 Å². The van der Waals surface area contributed by atoms with Crippen molar-refractivity contribution >= 4 is 15.9 Å². The molecule has 0 heterocycles. The van der Waals surface area contributed by atoms with E-state index >= 15 is 0 Å². The van der Waals surface area contributed by atoms with Crippen molar-refractivity contribution in [2.24, 2.45) is 0 Å². The van der Waals surface area contributed by atoms with E-state index in [0.29, 0.717) is 16.6 Å². The molecule has 1 aromatic carbocycles. The van der Waals surface area contributed by atoms with Gasteiger partial charge in [0, 0.05) is 6.54 Å². The van der Waals surface area contributed by atoms with Crippen LogP contribution in [0.4, 0.5) is 4.39 Å². The number of aliphatic hydroxyl groups is 1. The summed E-state index contributed by atoms with van der Waals surface area (Å²) in [4.78, 5) is 1.88. The third-order valence-corrected chi connectivity index (χ3v) is 2.47. The van der Waals surface area contributed by atoms with E-state index in [9.17, 15) is 9.50 Å². The number of aliphatic hydroxyl groups excluding tert-OH is 1. The van der Waals surface area contributed by atoms with Gasteiger partial charge in [-0.15, -0.1) is 0 Å². The Kier molecular flexibility index (Phi) is 4.04. The minimum Gasteiger partial charge on any atom is -0.387 e. The smallest absolute Gasteiger partial charge is 0.137 e. The number of nitrogens with zero attached hydrogens (tertiary/aromatic N) is 1. The summed E-state index contributed by atoms with van der Waals surface area (Å²) in [7, 11) is 3.75. The number of hydrogen-bond donors (Lipinski definition) is 1. The van der Waals surface area contributed by atoms with Gasteiger partial charge >= 0.3 is 0 Å². The zero-order chi connectivity index (χ0) is 10.7. The topological polar surface area (TPSA) is 23.5 Å². The lowest BCUT2D eigenvalue weighted by Gasteiger charge is -2.16. The van der Waals surface area contributed by atoms with Crippen LogP contribution in [0.15, 0.2) is 22.7 Å². The van der Waals surface area contributed by atoms with Gasteiger partial charge in [-0.3, -0.25) is 0 Å². The number of rotatable bonds is 3. The number of benzene rings is 1. The van der Waals surface area contributed by atoms with Crippen molar-refractivity contribution in [3.8, 4) is 0 Å². The summed E-state index contributed by atoms with van der Waals surface area (Å²) >= 11 is 3.08. The van der Waals surface area contributed by atoms with E-state index in [1.165, 1.54) is 6.07 Å². The van der Waals surface area contributed by atoms with Gasteiger partial charge in [-0.25, -0.2) is 4.39 Å². The maximum atomic E-state index is 12.9. The third-order valence-electron chi connectivity index (χ3n) is 1.87. The lowest BCUT2D eigenvalue weighted by molar-refractivity contribution is 0.138. The highest BCUT2D eigenvalue weighted by atomic mass is 79.9. The highest BCUT2D eigenvalue weighted by molar-refractivity contribution is 9.10. The van der Waals surface area contributed by atoms with Crippen LogP contribution in [0.5, 0.6) is 0 Å². The first kappa shape index (κ1) is 11.6. The molecule has 0 aliphatic heterocycles. The first-order valence-electron chi connectivity index (χ1n) is 4.28. The summed E-state index contributed by atoms with van der Waals surface area (Å²) in [6, 6.07) is 4.54. The monoisotopic (exact) mass is 261 g/mol. The van der Waals surface area contributed by atoms with E-state index < -0.39 is 6.10 Å². The molecule has 14 heavy (non-hydrogen) atoms. The van der Waals surface area contributed by atoms with Crippen LogP contribution in [0, 0.1) is 5.82 Å². The van der Waals surface area contributed by atoms with Crippen molar-refractivity contribution < 1.29 is 9.50 Å². The van der Waals surface area contributed by atoms with Crippen molar-refractivity contribution in [1.29, 1.82) is 0 Å². The van der Waals surface area contributed by atoms with Gasteiger partial charge in [0.05, 0.1) is 10.6 Å². The van der Waals surface area contributed by atoms with Gasteiger partial charge in [0.25, 0.3) is 0 Å². The average molecular weight is 262 g/mol. The number of hydrogen-bond acceptors (Lipinski definition) is 2. The first-order chi connectivity index (χ1) is 6.50. The minimum atomic E-state index is -0.582. The standard InChI is InChI=1S/C10H13BrFNO/c1-13(2)6-10(14)7-3-4-9(12)8(11)5-7/h3-5,10,14H,6H2,1-2H3. The van der Waals surface area contributed by atoms with Crippen LogP contribution in [0.3, 0.4) is 0 Å². The number of likely N-dealkylation sites (N-methyl/N-ethyl adjacent to an activating group) is 1. The maximum absolute atomic E-state index is 12.9. The Bertz CT molecular complexity index is 317. The van der Waals surface area contributed by atoms with Crippen molar-refractivity contribution in [3.63, 3.8) is 0 Å². The average Bonchev–Trinajstić information content (AvgIpc) is 2.08. The molecule has 4 heteroatoms. The van der Waals surface area contributed by atoms with E-state index in [1.54, 1.807) is 12.1 Å². The van der Waals surface area contributed by atoms with Gasteiger partial charge in [0.1, 0.15) is 5.82 Å². The van der Waals surface area contributed by atoms with Crippen molar-refractivity contribution in [2.45, 2.75) is 6.10 Å². The molecule has 1 N–H and O–H groups in total. The summed E-state index contributed by atoms with van der Waals surface area (Å²) in [6.45, 7) is 0.526. The molecule has 1 unspecified atom stereocenters. The highest BCUT2D eigenvalue weighted by Crippen LogP contribution is 2.21.